The molecule has 0 atom stereocenters. The Morgan fingerprint density at radius 3 is 2.62 bits per heavy atom. The highest BCUT2D eigenvalue weighted by atomic mass is 16.5. The van der Waals surface area contributed by atoms with Crippen LogP contribution in [-0.4, -0.2) is 32.2 Å². The average Bonchev–Trinajstić information content (AvgIpc) is 2.64. The van der Waals surface area contributed by atoms with E-state index in [9.17, 15) is 4.79 Å². The number of pyridine rings is 1. The summed E-state index contributed by atoms with van der Waals surface area (Å²) >= 11 is 0. The topological polar surface area (TPSA) is 69.7 Å². The zero-order valence-corrected chi connectivity index (χ0v) is 13.9. The van der Waals surface area contributed by atoms with E-state index in [1.54, 1.807) is 51.8 Å². The van der Waals surface area contributed by atoms with Crippen molar-refractivity contribution in [1.82, 2.24) is 10.3 Å². The number of carbonyl (C=O) groups is 1. The fourth-order valence-electron chi connectivity index (χ4n) is 2.11. The van der Waals surface area contributed by atoms with Gasteiger partial charge in [-0.2, -0.15) is 0 Å². The standard InChI is InChI=1S/C18H20N2O4/c1-22-15-8-6-13(11-16(15)23-2)7-9-17(21)20-12-14-5-4-10-19-18(14)24-3/h4-11H,12H2,1-3H3,(H,20,21)/b9-7+. The van der Waals surface area contributed by atoms with Crippen LogP contribution in [0, 0.1) is 0 Å². The van der Waals surface area contributed by atoms with E-state index in [-0.39, 0.29) is 5.91 Å². The predicted octanol–water partition coefficient (Wildman–Crippen LogP) is 2.44. The Labute approximate surface area is 141 Å². The summed E-state index contributed by atoms with van der Waals surface area (Å²) in [7, 11) is 4.69. The van der Waals surface area contributed by atoms with Crippen LogP contribution in [0.3, 0.4) is 0 Å². The van der Waals surface area contributed by atoms with Gasteiger partial charge in [0.2, 0.25) is 11.8 Å². The Morgan fingerprint density at radius 2 is 1.92 bits per heavy atom. The second-order valence-corrected chi connectivity index (χ2v) is 4.84. The Kier molecular flexibility index (Phi) is 6.19. The number of carbonyl (C=O) groups excluding carboxylic acids is 1. The summed E-state index contributed by atoms with van der Waals surface area (Å²) < 4.78 is 15.6. The molecule has 1 aromatic carbocycles. The Hall–Kier alpha value is -3.02. The molecule has 0 unspecified atom stereocenters. The summed E-state index contributed by atoms with van der Waals surface area (Å²) in [5.41, 5.74) is 1.65. The molecular formula is C18H20N2O4. The molecule has 2 rings (SSSR count). The third-order valence-electron chi connectivity index (χ3n) is 3.33. The van der Waals surface area contributed by atoms with Crippen LogP contribution in [-0.2, 0) is 11.3 Å². The second kappa shape index (κ2) is 8.57. The molecule has 0 spiro atoms. The maximum Gasteiger partial charge on any atom is 0.244 e. The Bertz CT molecular complexity index is 729. The van der Waals surface area contributed by atoms with E-state index in [1.165, 1.54) is 6.08 Å². The average molecular weight is 328 g/mol. The zero-order valence-electron chi connectivity index (χ0n) is 13.9. The van der Waals surface area contributed by atoms with Gasteiger partial charge in [0.15, 0.2) is 11.5 Å². The van der Waals surface area contributed by atoms with Gasteiger partial charge in [-0.15, -0.1) is 0 Å². The molecule has 6 nitrogen and oxygen atoms in total. The van der Waals surface area contributed by atoms with Crippen LogP contribution in [0.1, 0.15) is 11.1 Å². The van der Waals surface area contributed by atoms with Crippen LogP contribution in [0.15, 0.2) is 42.6 Å². The number of nitrogens with zero attached hydrogens (tertiary/aromatic N) is 1. The summed E-state index contributed by atoms with van der Waals surface area (Å²) in [5.74, 6) is 1.54. The summed E-state index contributed by atoms with van der Waals surface area (Å²) in [6.07, 6.45) is 4.81. The van der Waals surface area contributed by atoms with Gasteiger partial charge in [-0.25, -0.2) is 4.98 Å². The lowest BCUT2D eigenvalue weighted by molar-refractivity contribution is -0.116. The van der Waals surface area contributed by atoms with Crippen molar-refractivity contribution in [2.45, 2.75) is 6.54 Å². The number of aromatic nitrogens is 1. The summed E-state index contributed by atoms with van der Waals surface area (Å²) in [4.78, 5) is 16.0. The van der Waals surface area contributed by atoms with E-state index in [2.05, 4.69) is 10.3 Å². The lowest BCUT2D eigenvalue weighted by atomic mass is 10.2. The minimum atomic E-state index is -0.212. The molecule has 0 aliphatic carbocycles. The number of ether oxygens (including phenoxy) is 3. The van der Waals surface area contributed by atoms with Gasteiger partial charge in [0.1, 0.15) is 0 Å². The summed E-state index contributed by atoms with van der Waals surface area (Å²) in [6, 6.07) is 9.08. The minimum absolute atomic E-state index is 0.212. The van der Waals surface area contributed by atoms with Gasteiger partial charge in [-0.05, 0) is 29.8 Å². The molecule has 1 amide bonds. The lowest BCUT2D eigenvalue weighted by Crippen LogP contribution is -2.20. The van der Waals surface area contributed by atoms with Gasteiger partial charge in [-0.3, -0.25) is 4.79 Å². The first kappa shape index (κ1) is 17.3. The maximum atomic E-state index is 12.0. The van der Waals surface area contributed by atoms with Gasteiger partial charge in [0.05, 0.1) is 21.3 Å². The van der Waals surface area contributed by atoms with Crippen LogP contribution in [0.2, 0.25) is 0 Å². The minimum Gasteiger partial charge on any atom is -0.493 e. The van der Waals surface area contributed by atoms with Gasteiger partial charge >= 0.3 is 0 Å². The molecule has 0 bridgehead atoms. The summed E-state index contributed by atoms with van der Waals surface area (Å²) in [6.45, 7) is 0.339. The molecule has 2 aromatic rings. The number of benzene rings is 1. The third kappa shape index (κ3) is 4.49. The molecule has 0 saturated carbocycles. The molecule has 126 valence electrons. The molecule has 0 radical (unpaired) electrons. The molecule has 0 fully saturated rings. The first-order valence-corrected chi connectivity index (χ1v) is 7.33. The van der Waals surface area contributed by atoms with E-state index in [1.807, 2.05) is 12.1 Å². The zero-order chi connectivity index (χ0) is 17.4. The van der Waals surface area contributed by atoms with Crippen molar-refractivity contribution in [2.75, 3.05) is 21.3 Å². The van der Waals surface area contributed by atoms with E-state index < -0.39 is 0 Å². The molecule has 0 saturated heterocycles. The first-order chi connectivity index (χ1) is 11.7. The van der Waals surface area contributed by atoms with Crippen molar-refractivity contribution >= 4 is 12.0 Å². The summed E-state index contributed by atoms with van der Waals surface area (Å²) in [5, 5.41) is 2.79. The molecule has 6 heteroatoms. The number of rotatable bonds is 7. The normalized spacial score (nSPS) is 10.5. The lowest BCUT2D eigenvalue weighted by Gasteiger charge is -2.08. The number of hydrogen-bond donors (Lipinski definition) is 1. The highest BCUT2D eigenvalue weighted by Crippen LogP contribution is 2.27. The van der Waals surface area contributed by atoms with Crippen molar-refractivity contribution in [3.63, 3.8) is 0 Å². The molecule has 0 aliphatic heterocycles. The van der Waals surface area contributed by atoms with Gasteiger partial charge in [0.25, 0.3) is 0 Å². The smallest absolute Gasteiger partial charge is 0.244 e. The fourth-order valence-corrected chi connectivity index (χ4v) is 2.11. The Morgan fingerprint density at radius 1 is 1.12 bits per heavy atom. The maximum absolute atomic E-state index is 12.0. The van der Waals surface area contributed by atoms with Crippen LogP contribution >= 0.6 is 0 Å². The van der Waals surface area contributed by atoms with Gasteiger partial charge in [0, 0.05) is 24.4 Å². The van der Waals surface area contributed by atoms with E-state index in [0.29, 0.717) is 23.9 Å². The third-order valence-corrected chi connectivity index (χ3v) is 3.33. The number of nitrogens with one attached hydrogen (secondary N) is 1. The first-order valence-electron chi connectivity index (χ1n) is 7.33. The van der Waals surface area contributed by atoms with Crippen molar-refractivity contribution in [2.24, 2.45) is 0 Å². The van der Waals surface area contributed by atoms with Gasteiger partial charge in [-0.1, -0.05) is 12.1 Å². The van der Waals surface area contributed by atoms with Crippen molar-refractivity contribution < 1.29 is 19.0 Å². The van der Waals surface area contributed by atoms with Crippen LogP contribution < -0.4 is 19.5 Å². The van der Waals surface area contributed by atoms with Crippen molar-refractivity contribution in [3.8, 4) is 17.4 Å². The van der Waals surface area contributed by atoms with Crippen LogP contribution in [0.5, 0.6) is 17.4 Å². The largest absolute Gasteiger partial charge is 0.493 e. The van der Waals surface area contributed by atoms with Crippen molar-refractivity contribution in [3.05, 3.63) is 53.7 Å². The molecule has 0 aliphatic rings. The Balaban J connectivity index is 1.98. The SMILES string of the molecule is COc1ccc(/C=C/C(=O)NCc2cccnc2OC)cc1OC. The van der Waals surface area contributed by atoms with Crippen LogP contribution in [0.25, 0.3) is 6.08 Å². The quantitative estimate of drug-likeness (QED) is 0.791. The van der Waals surface area contributed by atoms with Crippen molar-refractivity contribution in [1.29, 1.82) is 0 Å². The molecule has 1 N–H and O–H groups in total. The number of hydrogen-bond acceptors (Lipinski definition) is 5. The molecule has 1 heterocycles. The number of methoxy groups -OCH3 is 3. The highest BCUT2D eigenvalue weighted by molar-refractivity contribution is 5.91. The van der Waals surface area contributed by atoms with E-state index in [4.69, 9.17) is 14.2 Å². The van der Waals surface area contributed by atoms with E-state index in [0.717, 1.165) is 11.1 Å². The monoisotopic (exact) mass is 328 g/mol. The van der Waals surface area contributed by atoms with Crippen LogP contribution in [0.4, 0.5) is 0 Å². The van der Waals surface area contributed by atoms with E-state index >= 15 is 0 Å². The fraction of sp³-hybridized carbons (Fsp3) is 0.222. The van der Waals surface area contributed by atoms with Gasteiger partial charge < -0.3 is 19.5 Å². The predicted molar refractivity (Wildman–Crippen MR) is 91.2 cm³/mol. The highest BCUT2D eigenvalue weighted by Gasteiger charge is 2.05. The molecular weight excluding hydrogens is 308 g/mol. The molecule has 1 aromatic heterocycles. The number of amides is 1. The molecule has 24 heavy (non-hydrogen) atoms. The second-order valence-electron chi connectivity index (χ2n) is 4.84.